The lowest BCUT2D eigenvalue weighted by molar-refractivity contribution is 0.0355. The van der Waals surface area contributed by atoms with Crippen molar-refractivity contribution in [2.24, 2.45) is 0 Å². The van der Waals surface area contributed by atoms with Gasteiger partial charge in [0, 0.05) is 18.6 Å². The molecule has 0 N–H and O–H groups in total. The average molecular weight is 178 g/mol. The molecule has 0 aliphatic heterocycles. The largest absolute Gasteiger partial charge is 0.438 e. The summed E-state index contributed by atoms with van der Waals surface area (Å²) in [6, 6.07) is 9.59. The molecule has 0 aliphatic carbocycles. The second-order valence-electron chi connectivity index (χ2n) is 2.65. The molecule has 68 valence electrons. The summed E-state index contributed by atoms with van der Waals surface area (Å²) in [5.74, 6) is 0.489. The molecule has 0 atom stereocenters. The molecule has 0 bridgehead atoms. The number of para-hydroxylation sites is 1. The van der Waals surface area contributed by atoms with Crippen molar-refractivity contribution in [3.8, 4) is 5.95 Å². The first-order chi connectivity index (χ1) is 6.40. The zero-order valence-corrected chi connectivity index (χ0v) is 7.32. The third kappa shape index (κ3) is 1.65. The van der Waals surface area contributed by atoms with Crippen molar-refractivity contribution in [3.05, 3.63) is 30.3 Å². The quantitative estimate of drug-likeness (QED) is 0.676. The molecule has 13 heavy (non-hydrogen) atoms. The summed E-state index contributed by atoms with van der Waals surface area (Å²) in [5.41, 5.74) is 0.827. The van der Waals surface area contributed by atoms with E-state index in [1.165, 1.54) is 0 Å². The van der Waals surface area contributed by atoms with Gasteiger partial charge in [-0.2, -0.15) is 0 Å². The van der Waals surface area contributed by atoms with Gasteiger partial charge in [0.15, 0.2) is 6.79 Å². The van der Waals surface area contributed by atoms with E-state index in [4.69, 9.17) is 13.9 Å². The van der Waals surface area contributed by atoms with Crippen LogP contribution in [0.1, 0.15) is 0 Å². The highest BCUT2D eigenvalue weighted by molar-refractivity contribution is 5.78. The first kappa shape index (κ1) is 8.13. The molecule has 0 amide bonds. The Kier molecular flexibility index (Phi) is 2.19. The fraction of sp³-hybridized carbons (Fsp3) is 0.200. The van der Waals surface area contributed by atoms with Crippen LogP contribution < -0.4 is 4.74 Å². The molecule has 0 radical (unpaired) electrons. The topological polar surface area (TPSA) is 31.6 Å². The minimum Gasteiger partial charge on any atom is -0.438 e. The van der Waals surface area contributed by atoms with Crippen LogP contribution in [0, 0.1) is 0 Å². The first-order valence-corrected chi connectivity index (χ1v) is 4.00. The monoisotopic (exact) mass is 178 g/mol. The smallest absolute Gasteiger partial charge is 0.287 e. The number of fused-ring (bicyclic) bond motifs is 1. The Morgan fingerprint density at radius 2 is 2.15 bits per heavy atom. The van der Waals surface area contributed by atoms with E-state index in [-0.39, 0.29) is 6.79 Å². The summed E-state index contributed by atoms with van der Waals surface area (Å²) >= 11 is 0. The van der Waals surface area contributed by atoms with Crippen LogP contribution in [0.15, 0.2) is 34.7 Å². The van der Waals surface area contributed by atoms with Gasteiger partial charge in [0.1, 0.15) is 5.58 Å². The maximum Gasteiger partial charge on any atom is 0.287 e. The fourth-order valence-corrected chi connectivity index (χ4v) is 1.15. The van der Waals surface area contributed by atoms with E-state index in [1.807, 2.05) is 30.3 Å². The number of benzene rings is 1. The Hall–Kier alpha value is -1.48. The fourth-order valence-electron chi connectivity index (χ4n) is 1.15. The zero-order valence-electron chi connectivity index (χ0n) is 7.32. The molecule has 3 nitrogen and oxygen atoms in total. The van der Waals surface area contributed by atoms with Crippen LogP contribution >= 0.6 is 0 Å². The summed E-state index contributed by atoms with van der Waals surface area (Å²) in [6.07, 6.45) is 0. The Morgan fingerprint density at radius 3 is 2.92 bits per heavy atom. The van der Waals surface area contributed by atoms with Gasteiger partial charge in [-0.05, 0) is 6.07 Å². The predicted molar refractivity (Wildman–Crippen MR) is 48.7 cm³/mol. The Balaban J connectivity index is 2.28. The molecule has 1 aromatic carbocycles. The zero-order chi connectivity index (χ0) is 9.10. The number of hydrogen-bond acceptors (Lipinski definition) is 3. The number of methoxy groups -OCH3 is 1. The lowest BCUT2D eigenvalue weighted by Gasteiger charge is -1.97. The highest BCUT2D eigenvalue weighted by Crippen LogP contribution is 2.24. The number of rotatable bonds is 3. The molecular weight excluding hydrogens is 168 g/mol. The molecule has 0 saturated carbocycles. The van der Waals surface area contributed by atoms with Crippen LogP contribution in [0.5, 0.6) is 5.95 Å². The molecule has 0 unspecified atom stereocenters. The standard InChI is InChI=1S/C10H10O3/c1-11-7-12-10-6-8-4-2-3-5-9(8)13-10/h2-6H,7H2,1H3. The van der Waals surface area contributed by atoms with Crippen molar-refractivity contribution in [1.82, 2.24) is 0 Å². The van der Waals surface area contributed by atoms with Crippen LogP contribution in [0.2, 0.25) is 0 Å². The van der Waals surface area contributed by atoms with Gasteiger partial charge >= 0.3 is 0 Å². The van der Waals surface area contributed by atoms with Crippen LogP contribution in [0.4, 0.5) is 0 Å². The van der Waals surface area contributed by atoms with Crippen molar-refractivity contribution in [2.45, 2.75) is 0 Å². The summed E-state index contributed by atoms with van der Waals surface area (Å²) < 4.78 is 15.3. The summed E-state index contributed by atoms with van der Waals surface area (Å²) in [6.45, 7) is 0.208. The third-order valence-corrected chi connectivity index (χ3v) is 1.72. The molecule has 0 spiro atoms. The summed E-state index contributed by atoms with van der Waals surface area (Å²) in [4.78, 5) is 0. The Bertz CT molecular complexity index is 359. The number of ether oxygens (including phenoxy) is 2. The normalized spacial score (nSPS) is 10.5. The van der Waals surface area contributed by atoms with Crippen LogP contribution in [0.3, 0.4) is 0 Å². The molecule has 0 aliphatic rings. The molecular formula is C10H10O3. The molecule has 2 aromatic rings. The van der Waals surface area contributed by atoms with Gasteiger partial charge in [0.25, 0.3) is 5.95 Å². The minimum atomic E-state index is 0.208. The van der Waals surface area contributed by atoms with Crippen LogP contribution in [-0.4, -0.2) is 13.9 Å². The van der Waals surface area contributed by atoms with Crippen molar-refractivity contribution in [1.29, 1.82) is 0 Å². The van der Waals surface area contributed by atoms with E-state index < -0.39 is 0 Å². The minimum absolute atomic E-state index is 0.208. The second kappa shape index (κ2) is 3.49. The summed E-state index contributed by atoms with van der Waals surface area (Å²) in [5, 5.41) is 1.04. The van der Waals surface area contributed by atoms with Gasteiger partial charge in [0.2, 0.25) is 0 Å². The predicted octanol–water partition coefficient (Wildman–Crippen LogP) is 2.42. The molecule has 3 heteroatoms. The van der Waals surface area contributed by atoms with Crippen molar-refractivity contribution < 1.29 is 13.9 Å². The maximum absolute atomic E-state index is 5.37. The second-order valence-corrected chi connectivity index (χ2v) is 2.65. The Morgan fingerprint density at radius 1 is 1.31 bits per heavy atom. The molecule has 1 aromatic heterocycles. The highest BCUT2D eigenvalue weighted by Gasteiger charge is 2.02. The van der Waals surface area contributed by atoms with E-state index in [9.17, 15) is 0 Å². The third-order valence-electron chi connectivity index (χ3n) is 1.72. The maximum atomic E-state index is 5.37. The van der Waals surface area contributed by atoms with Gasteiger partial charge in [-0.3, -0.25) is 0 Å². The number of hydrogen-bond donors (Lipinski definition) is 0. The van der Waals surface area contributed by atoms with Gasteiger partial charge in [-0.1, -0.05) is 18.2 Å². The average Bonchev–Trinajstić information content (AvgIpc) is 2.57. The van der Waals surface area contributed by atoms with Crippen LogP contribution in [0.25, 0.3) is 11.0 Å². The van der Waals surface area contributed by atoms with Gasteiger partial charge in [-0.15, -0.1) is 0 Å². The summed E-state index contributed by atoms with van der Waals surface area (Å²) in [7, 11) is 1.57. The molecule has 1 heterocycles. The van der Waals surface area contributed by atoms with Crippen LogP contribution in [-0.2, 0) is 4.74 Å². The van der Waals surface area contributed by atoms with E-state index in [1.54, 1.807) is 7.11 Å². The van der Waals surface area contributed by atoms with Crippen molar-refractivity contribution in [3.63, 3.8) is 0 Å². The van der Waals surface area contributed by atoms with E-state index in [2.05, 4.69) is 0 Å². The molecule has 0 fully saturated rings. The Labute approximate surface area is 75.9 Å². The lowest BCUT2D eigenvalue weighted by Crippen LogP contribution is -1.96. The van der Waals surface area contributed by atoms with Crippen molar-refractivity contribution in [2.75, 3.05) is 13.9 Å². The van der Waals surface area contributed by atoms with Crippen molar-refractivity contribution >= 4 is 11.0 Å². The van der Waals surface area contributed by atoms with E-state index >= 15 is 0 Å². The van der Waals surface area contributed by atoms with E-state index in [0.717, 1.165) is 11.0 Å². The molecule has 0 saturated heterocycles. The van der Waals surface area contributed by atoms with Gasteiger partial charge in [0.05, 0.1) is 0 Å². The van der Waals surface area contributed by atoms with Gasteiger partial charge < -0.3 is 13.9 Å². The number of furan rings is 1. The highest BCUT2D eigenvalue weighted by atomic mass is 16.7. The van der Waals surface area contributed by atoms with E-state index in [0.29, 0.717) is 5.95 Å². The SMILES string of the molecule is COCOc1cc2ccccc2o1. The molecule has 2 rings (SSSR count). The lowest BCUT2D eigenvalue weighted by atomic mass is 10.3. The first-order valence-electron chi connectivity index (χ1n) is 4.00. The van der Waals surface area contributed by atoms with Gasteiger partial charge in [-0.25, -0.2) is 0 Å².